The molecule has 0 aromatic heterocycles. The molecule has 0 unspecified atom stereocenters. The largest absolute Gasteiger partial charge is 0.398 e. The molecule has 0 aliphatic carbocycles. The molecule has 2 heteroatoms. The monoisotopic (exact) mass is 293 g/mol. The molecule has 114 valence electrons. The number of rotatable bonds is 4. The second-order valence-electron chi connectivity index (χ2n) is 7.04. The first-order valence-corrected chi connectivity index (χ1v) is 8.23. The maximum atomic E-state index is 6.45. The van der Waals surface area contributed by atoms with E-state index in [2.05, 4.69) is 55.4 Å². The summed E-state index contributed by atoms with van der Waals surface area (Å²) in [5.74, 6) is 1.85. The number of anilines is 1. The summed E-state index contributed by atoms with van der Waals surface area (Å²) in [6.07, 6.45) is 0. The number of hydrogen-bond acceptors (Lipinski definition) is 2. The van der Waals surface area contributed by atoms with Gasteiger partial charge in [0, 0.05) is 10.6 Å². The van der Waals surface area contributed by atoms with Gasteiger partial charge in [0.15, 0.2) is 0 Å². The van der Waals surface area contributed by atoms with Crippen LogP contribution in [-0.2, 0) is 0 Å². The summed E-state index contributed by atoms with van der Waals surface area (Å²) in [4.78, 5) is 0.997. The summed E-state index contributed by atoms with van der Waals surface area (Å²) in [7, 11) is 0. The molecule has 0 saturated carbocycles. The molecule has 0 heterocycles. The van der Waals surface area contributed by atoms with Crippen molar-refractivity contribution in [3.8, 4) is 0 Å². The summed E-state index contributed by atoms with van der Waals surface area (Å²) < 4.78 is 0. The lowest BCUT2D eigenvalue weighted by molar-refractivity contribution is 0.711. The smallest absolute Gasteiger partial charge is 0.0490 e. The molecular formula is C18H31NS. The van der Waals surface area contributed by atoms with Crippen molar-refractivity contribution in [3.05, 3.63) is 22.3 Å². The molecule has 0 aliphatic rings. The van der Waals surface area contributed by atoms with E-state index in [-0.39, 0.29) is 0 Å². The van der Waals surface area contributed by atoms with Crippen molar-refractivity contribution in [2.75, 3.05) is 5.73 Å². The minimum atomic E-state index is 0.428. The van der Waals surface area contributed by atoms with Crippen molar-refractivity contribution >= 4 is 18.3 Å². The molecule has 20 heavy (non-hydrogen) atoms. The molecule has 1 aromatic carbocycles. The van der Waals surface area contributed by atoms with Crippen LogP contribution in [0.25, 0.3) is 0 Å². The number of hydrogen-bond donors (Lipinski definition) is 2. The quantitative estimate of drug-likeness (QED) is 0.513. The Bertz CT molecular complexity index is 440. The third-order valence-electron chi connectivity index (χ3n) is 3.98. The fraction of sp³-hybridized carbons (Fsp3) is 0.667. The van der Waals surface area contributed by atoms with Gasteiger partial charge in [-0.15, -0.1) is 12.6 Å². The predicted molar refractivity (Wildman–Crippen MR) is 94.5 cm³/mol. The Morgan fingerprint density at radius 3 is 1.20 bits per heavy atom. The summed E-state index contributed by atoms with van der Waals surface area (Å²) >= 11 is 4.77. The first-order valence-electron chi connectivity index (χ1n) is 7.79. The van der Waals surface area contributed by atoms with Crippen molar-refractivity contribution in [1.29, 1.82) is 0 Å². The van der Waals surface area contributed by atoms with Gasteiger partial charge >= 0.3 is 0 Å². The number of nitrogens with two attached hydrogens (primary N) is 1. The van der Waals surface area contributed by atoms with Gasteiger partial charge in [0.05, 0.1) is 0 Å². The minimum Gasteiger partial charge on any atom is -0.398 e. The molecule has 0 amide bonds. The van der Waals surface area contributed by atoms with Crippen LogP contribution in [0, 0.1) is 0 Å². The van der Waals surface area contributed by atoms with Gasteiger partial charge < -0.3 is 5.73 Å². The molecule has 0 fully saturated rings. The van der Waals surface area contributed by atoms with Crippen LogP contribution in [0.3, 0.4) is 0 Å². The number of benzene rings is 1. The normalized spacial score (nSPS) is 12.2. The highest BCUT2D eigenvalue weighted by Crippen LogP contribution is 2.45. The van der Waals surface area contributed by atoms with Crippen molar-refractivity contribution < 1.29 is 0 Å². The lowest BCUT2D eigenvalue weighted by Crippen LogP contribution is -2.14. The molecule has 0 bridgehead atoms. The number of nitrogen functional groups attached to an aromatic ring is 1. The van der Waals surface area contributed by atoms with Crippen LogP contribution in [-0.4, -0.2) is 0 Å². The molecule has 2 N–H and O–H groups in total. The fourth-order valence-electron chi connectivity index (χ4n) is 3.29. The third kappa shape index (κ3) is 3.00. The molecular weight excluding hydrogens is 262 g/mol. The summed E-state index contributed by atoms with van der Waals surface area (Å²) in [6, 6.07) is 0. The van der Waals surface area contributed by atoms with Gasteiger partial charge in [0.2, 0.25) is 0 Å². The van der Waals surface area contributed by atoms with Crippen LogP contribution in [0.15, 0.2) is 4.90 Å². The Hall–Kier alpha value is -0.630. The Morgan fingerprint density at radius 2 is 0.900 bits per heavy atom. The lowest BCUT2D eigenvalue weighted by Gasteiger charge is -2.30. The van der Waals surface area contributed by atoms with E-state index in [1.807, 2.05) is 0 Å². The van der Waals surface area contributed by atoms with Crippen molar-refractivity contribution in [2.24, 2.45) is 0 Å². The van der Waals surface area contributed by atoms with E-state index in [9.17, 15) is 0 Å². The van der Waals surface area contributed by atoms with E-state index >= 15 is 0 Å². The summed E-state index contributed by atoms with van der Waals surface area (Å²) in [5.41, 5.74) is 12.9. The highest BCUT2D eigenvalue weighted by atomic mass is 32.1. The van der Waals surface area contributed by atoms with Gasteiger partial charge in [-0.05, 0) is 45.9 Å². The van der Waals surface area contributed by atoms with Gasteiger partial charge in [0.25, 0.3) is 0 Å². The van der Waals surface area contributed by atoms with Crippen LogP contribution >= 0.6 is 12.6 Å². The fourth-order valence-corrected chi connectivity index (χ4v) is 3.79. The maximum absolute atomic E-state index is 6.45. The van der Waals surface area contributed by atoms with E-state index in [1.54, 1.807) is 0 Å². The second kappa shape index (κ2) is 6.43. The van der Waals surface area contributed by atoms with Crippen molar-refractivity contribution in [1.82, 2.24) is 0 Å². The van der Waals surface area contributed by atoms with Gasteiger partial charge in [-0.3, -0.25) is 0 Å². The Kier molecular flexibility index (Phi) is 5.60. The zero-order chi connectivity index (χ0) is 15.8. The summed E-state index contributed by atoms with van der Waals surface area (Å²) in [5, 5.41) is 0. The second-order valence-corrected chi connectivity index (χ2v) is 7.48. The predicted octanol–water partition coefficient (Wildman–Crippen LogP) is 6.05. The maximum Gasteiger partial charge on any atom is 0.0490 e. The molecule has 0 saturated heterocycles. The highest BCUT2D eigenvalue weighted by molar-refractivity contribution is 7.80. The SMILES string of the molecule is CC(C)c1c(N)c(S)c(C(C)C)c(C(C)C)c1C(C)C. The molecule has 1 nitrogen and oxygen atoms in total. The Morgan fingerprint density at radius 1 is 0.600 bits per heavy atom. The molecule has 0 aliphatic heterocycles. The standard InChI is InChI=1S/C18H31NS/c1-9(2)13-14(10(3)4)16(12(7)8)18(20)17(19)15(13)11(5)6/h9-12,20H,19H2,1-8H3. The van der Waals surface area contributed by atoms with Gasteiger partial charge in [-0.1, -0.05) is 55.4 Å². The van der Waals surface area contributed by atoms with Gasteiger partial charge in [-0.2, -0.15) is 0 Å². The van der Waals surface area contributed by atoms with E-state index in [0.29, 0.717) is 23.7 Å². The molecule has 1 aromatic rings. The lowest BCUT2D eigenvalue weighted by atomic mass is 9.77. The van der Waals surface area contributed by atoms with Crippen LogP contribution in [0.4, 0.5) is 5.69 Å². The van der Waals surface area contributed by atoms with Crippen molar-refractivity contribution in [2.45, 2.75) is 84.0 Å². The summed E-state index contributed by atoms with van der Waals surface area (Å²) in [6.45, 7) is 18.0. The first-order chi connectivity index (χ1) is 9.11. The topological polar surface area (TPSA) is 26.0 Å². The van der Waals surface area contributed by atoms with E-state index in [4.69, 9.17) is 18.4 Å². The van der Waals surface area contributed by atoms with E-state index in [0.717, 1.165) is 10.6 Å². The van der Waals surface area contributed by atoms with E-state index < -0.39 is 0 Å². The van der Waals surface area contributed by atoms with Crippen LogP contribution in [0.1, 0.15) is 101 Å². The average molecular weight is 294 g/mol. The Labute approximate surface area is 130 Å². The molecule has 0 radical (unpaired) electrons. The zero-order valence-electron chi connectivity index (χ0n) is 14.3. The highest BCUT2D eigenvalue weighted by Gasteiger charge is 2.26. The van der Waals surface area contributed by atoms with E-state index in [1.165, 1.54) is 22.3 Å². The van der Waals surface area contributed by atoms with Gasteiger partial charge in [0.1, 0.15) is 0 Å². The van der Waals surface area contributed by atoms with Gasteiger partial charge in [-0.25, -0.2) is 0 Å². The zero-order valence-corrected chi connectivity index (χ0v) is 15.2. The van der Waals surface area contributed by atoms with Crippen LogP contribution < -0.4 is 5.73 Å². The minimum absolute atomic E-state index is 0.428. The number of thiol groups is 1. The average Bonchev–Trinajstić information content (AvgIpc) is 2.29. The third-order valence-corrected chi connectivity index (χ3v) is 4.46. The van der Waals surface area contributed by atoms with Crippen LogP contribution in [0.2, 0.25) is 0 Å². The Balaban J connectivity index is 3.93. The molecule has 1 rings (SSSR count). The van der Waals surface area contributed by atoms with Crippen LogP contribution in [0.5, 0.6) is 0 Å². The first kappa shape index (κ1) is 17.4. The molecule has 0 spiro atoms. The molecule has 0 atom stereocenters. The van der Waals surface area contributed by atoms with Crippen molar-refractivity contribution in [3.63, 3.8) is 0 Å².